The number of halogens is 1. The molecule has 0 aliphatic carbocycles. The van der Waals surface area contributed by atoms with Crippen molar-refractivity contribution in [2.75, 3.05) is 27.2 Å². The Morgan fingerprint density at radius 3 is 2.71 bits per heavy atom. The zero-order valence-corrected chi connectivity index (χ0v) is 13.3. The summed E-state index contributed by atoms with van der Waals surface area (Å²) >= 11 is 0. The SMILES string of the molecule is CCOC(=O)/C=C/c1cc(CCCN(C)C)c(F)cc1C. The maximum atomic E-state index is 13.9. The van der Waals surface area contributed by atoms with Crippen LogP contribution in [0.2, 0.25) is 0 Å². The molecule has 0 aliphatic rings. The van der Waals surface area contributed by atoms with Crippen molar-refractivity contribution < 1.29 is 13.9 Å². The van der Waals surface area contributed by atoms with Gasteiger partial charge < -0.3 is 9.64 Å². The molecule has 0 fully saturated rings. The lowest BCUT2D eigenvalue weighted by Gasteiger charge is -2.11. The quantitative estimate of drug-likeness (QED) is 0.571. The van der Waals surface area contributed by atoms with Gasteiger partial charge in [0.25, 0.3) is 0 Å². The largest absolute Gasteiger partial charge is 0.463 e. The molecule has 0 spiro atoms. The van der Waals surface area contributed by atoms with Crippen LogP contribution in [0.4, 0.5) is 4.39 Å². The molecule has 0 saturated heterocycles. The Balaban J connectivity index is 2.82. The number of carbonyl (C=O) groups excluding carboxylic acids is 1. The number of esters is 1. The lowest BCUT2D eigenvalue weighted by molar-refractivity contribution is -0.137. The second-order valence-electron chi connectivity index (χ2n) is 5.29. The summed E-state index contributed by atoms with van der Waals surface area (Å²) < 4.78 is 18.8. The smallest absolute Gasteiger partial charge is 0.330 e. The lowest BCUT2D eigenvalue weighted by Crippen LogP contribution is -2.13. The van der Waals surface area contributed by atoms with Crippen molar-refractivity contribution in [2.24, 2.45) is 0 Å². The summed E-state index contributed by atoms with van der Waals surface area (Å²) in [5.74, 6) is -0.560. The molecule has 0 aliphatic heterocycles. The third-order valence-electron chi connectivity index (χ3n) is 3.17. The van der Waals surface area contributed by atoms with Gasteiger partial charge in [-0.1, -0.05) is 0 Å². The Morgan fingerprint density at radius 1 is 1.38 bits per heavy atom. The Bertz CT molecular complexity index is 510. The summed E-state index contributed by atoms with van der Waals surface area (Å²) in [7, 11) is 4.00. The fraction of sp³-hybridized carbons (Fsp3) is 0.471. The van der Waals surface area contributed by atoms with Crippen molar-refractivity contribution in [3.05, 3.63) is 40.7 Å². The van der Waals surface area contributed by atoms with E-state index in [-0.39, 0.29) is 11.8 Å². The average Bonchev–Trinajstić information content (AvgIpc) is 2.40. The summed E-state index contributed by atoms with van der Waals surface area (Å²) in [4.78, 5) is 13.4. The first kappa shape index (κ1) is 17.4. The van der Waals surface area contributed by atoms with E-state index in [4.69, 9.17) is 4.74 Å². The molecule has 0 amide bonds. The molecule has 1 aromatic rings. The van der Waals surface area contributed by atoms with Gasteiger partial charge in [-0.3, -0.25) is 0 Å². The summed E-state index contributed by atoms with van der Waals surface area (Å²) in [6, 6.07) is 3.34. The van der Waals surface area contributed by atoms with Gasteiger partial charge in [-0.2, -0.15) is 0 Å². The van der Waals surface area contributed by atoms with E-state index in [9.17, 15) is 9.18 Å². The summed E-state index contributed by atoms with van der Waals surface area (Å²) in [5.41, 5.74) is 2.35. The van der Waals surface area contributed by atoms with E-state index in [0.29, 0.717) is 18.6 Å². The fourth-order valence-corrected chi connectivity index (χ4v) is 2.04. The monoisotopic (exact) mass is 293 g/mol. The number of nitrogens with zero attached hydrogens (tertiary/aromatic N) is 1. The van der Waals surface area contributed by atoms with Crippen molar-refractivity contribution in [2.45, 2.75) is 26.7 Å². The highest BCUT2D eigenvalue weighted by Gasteiger charge is 2.07. The first-order chi connectivity index (χ1) is 9.93. The van der Waals surface area contributed by atoms with Gasteiger partial charge in [-0.25, -0.2) is 9.18 Å². The molecule has 1 rings (SSSR count). The van der Waals surface area contributed by atoms with Gasteiger partial charge in [-0.15, -0.1) is 0 Å². The van der Waals surface area contributed by atoms with E-state index in [2.05, 4.69) is 4.90 Å². The molecular weight excluding hydrogens is 269 g/mol. The Labute approximate surface area is 126 Å². The van der Waals surface area contributed by atoms with Gasteiger partial charge in [0, 0.05) is 6.08 Å². The highest BCUT2D eigenvalue weighted by Crippen LogP contribution is 2.18. The molecule has 0 heterocycles. The van der Waals surface area contributed by atoms with E-state index in [0.717, 1.165) is 24.1 Å². The predicted molar refractivity (Wildman–Crippen MR) is 83.7 cm³/mol. The van der Waals surface area contributed by atoms with Gasteiger partial charge in [0.1, 0.15) is 5.82 Å². The molecular formula is C17H24FNO2. The minimum Gasteiger partial charge on any atom is -0.463 e. The number of hydrogen-bond acceptors (Lipinski definition) is 3. The highest BCUT2D eigenvalue weighted by atomic mass is 19.1. The van der Waals surface area contributed by atoms with Crippen molar-refractivity contribution >= 4 is 12.0 Å². The zero-order chi connectivity index (χ0) is 15.8. The molecule has 0 bridgehead atoms. The standard InChI is InChI=1S/C17H24FNO2/c1-5-21-17(20)9-8-14-12-15(7-6-10-19(3)4)16(18)11-13(14)2/h8-9,11-12H,5-7,10H2,1-4H3/b9-8+. The van der Waals surface area contributed by atoms with Crippen molar-refractivity contribution in [3.63, 3.8) is 0 Å². The van der Waals surface area contributed by atoms with Crippen molar-refractivity contribution in [1.82, 2.24) is 4.90 Å². The zero-order valence-electron chi connectivity index (χ0n) is 13.3. The maximum absolute atomic E-state index is 13.9. The van der Waals surface area contributed by atoms with Crippen LogP contribution < -0.4 is 0 Å². The number of carbonyl (C=O) groups is 1. The predicted octanol–water partition coefficient (Wildman–Crippen LogP) is 3.20. The van der Waals surface area contributed by atoms with Gasteiger partial charge in [0.15, 0.2) is 0 Å². The maximum Gasteiger partial charge on any atom is 0.330 e. The minimum absolute atomic E-state index is 0.181. The summed E-state index contributed by atoms with van der Waals surface area (Å²) in [6.07, 6.45) is 4.65. The number of benzene rings is 1. The Kier molecular flexibility index (Phi) is 7.09. The number of hydrogen-bond donors (Lipinski definition) is 0. The molecule has 0 unspecified atom stereocenters. The van der Waals surface area contributed by atoms with E-state index < -0.39 is 0 Å². The molecule has 116 valence electrons. The van der Waals surface area contributed by atoms with Crippen molar-refractivity contribution in [1.29, 1.82) is 0 Å². The van der Waals surface area contributed by atoms with Crippen LogP contribution in [-0.4, -0.2) is 38.1 Å². The molecule has 0 saturated carbocycles. The van der Waals surface area contributed by atoms with Crippen molar-refractivity contribution in [3.8, 4) is 0 Å². The van der Waals surface area contributed by atoms with E-state index in [1.54, 1.807) is 13.0 Å². The van der Waals surface area contributed by atoms with Crippen LogP contribution in [0.25, 0.3) is 6.08 Å². The first-order valence-electron chi connectivity index (χ1n) is 7.22. The number of ether oxygens (including phenoxy) is 1. The third kappa shape index (κ3) is 6.08. The Hall–Kier alpha value is -1.68. The van der Waals surface area contributed by atoms with Crippen LogP contribution in [0.1, 0.15) is 30.0 Å². The molecule has 0 atom stereocenters. The molecule has 0 N–H and O–H groups in total. The van der Waals surface area contributed by atoms with Gasteiger partial charge in [-0.05, 0) is 82.2 Å². The van der Waals surface area contributed by atoms with Crippen LogP contribution in [0, 0.1) is 12.7 Å². The van der Waals surface area contributed by atoms with Crippen LogP contribution in [-0.2, 0) is 16.0 Å². The summed E-state index contributed by atoms with van der Waals surface area (Å²) in [6.45, 7) is 4.86. The average molecular weight is 293 g/mol. The molecule has 0 aromatic heterocycles. The van der Waals surface area contributed by atoms with Gasteiger partial charge in [0.2, 0.25) is 0 Å². The second-order valence-corrected chi connectivity index (χ2v) is 5.29. The van der Waals surface area contributed by atoms with Crippen LogP contribution >= 0.6 is 0 Å². The van der Waals surface area contributed by atoms with Crippen LogP contribution in [0.5, 0.6) is 0 Å². The second kappa shape index (κ2) is 8.57. The molecule has 4 heteroatoms. The highest BCUT2D eigenvalue weighted by molar-refractivity contribution is 5.87. The molecule has 1 aromatic carbocycles. The fourth-order valence-electron chi connectivity index (χ4n) is 2.04. The van der Waals surface area contributed by atoms with E-state index in [1.807, 2.05) is 27.1 Å². The number of rotatable bonds is 7. The minimum atomic E-state index is -0.379. The topological polar surface area (TPSA) is 29.5 Å². The van der Waals surface area contributed by atoms with Crippen LogP contribution in [0.3, 0.4) is 0 Å². The number of aryl methyl sites for hydroxylation is 2. The molecule has 0 radical (unpaired) electrons. The van der Waals surface area contributed by atoms with E-state index in [1.165, 1.54) is 12.1 Å². The van der Waals surface area contributed by atoms with Gasteiger partial charge >= 0.3 is 5.97 Å². The van der Waals surface area contributed by atoms with E-state index >= 15 is 0 Å². The molecule has 21 heavy (non-hydrogen) atoms. The normalized spacial score (nSPS) is 11.3. The Morgan fingerprint density at radius 2 is 2.10 bits per heavy atom. The lowest BCUT2D eigenvalue weighted by atomic mass is 10.0. The molecule has 3 nitrogen and oxygen atoms in total. The third-order valence-corrected chi connectivity index (χ3v) is 3.17. The van der Waals surface area contributed by atoms with Crippen LogP contribution in [0.15, 0.2) is 18.2 Å². The van der Waals surface area contributed by atoms with Gasteiger partial charge in [0.05, 0.1) is 6.61 Å². The summed E-state index contributed by atoms with van der Waals surface area (Å²) in [5, 5.41) is 0. The first-order valence-corrected chi connectivity index (χ1v) is 7.22.